The van der Waals surface area contributed by atoms with Gasteiger partial charge in [0.1, 0.15) is 0 Å². The highest BCUT2D eigenvalue weighted by Gasteiger charge is 2.33. The van der Waals surface area contributed by atoms with Crippen molar-refractivity contribution in [1.29, 1.82) is 0 Å². The van der Waals surface area contributed by atoms with Gasteiger partial charge in [-0.25, -0.2) is 0 Å². The van der Waals surface area contributed by atoms with Crippen molar-refractivity contribution < 1.29 is 14.3 Å². The molecule has 15 heavy (non-hydrogen) atoms. The van der Waals surface area contributed by atoms with Gasteiger partial charge in [-0.2, -0.15) is 0 Å². The monoisotopic (exact) mass is 216 g/mol. The number of nitrogens with two attached hydrogens (primary N) is 1. The van der Waals surface area contributed by atoms with Crippen molar-refractivity contribution in [2.75, 3.05) is 13.2 Å². The summed E-state index contributed by atoms with van der Waals surface area (Å²) in [6, 6.07) is 0.000486. The van der Waals surface area contributed by atoms with E-state index in [-0.39, 0.29) is 11.9 Å². The fraction of sp³-hybridized carbons (Fsp3) is 0.900. The predicted octanol–water partition coefficient (Wildman–Crippen LogP) is -0.00860. The molecule has 0 bridgehead atoms. The summed E-state index contributed by atoms with van der Waals surface area (Å²) < 4.78 is 10.9. The van der Waals surface area contributed by atoms with Gasteiger partial charge >= 0.3 is 0 Å². The Bertz CT molecular complexity index is 241. The molecule has 1 aliphatic rings. The number of rotatable bonds is 3. The highest BCUT2D eigenvalue weighted by atomic mass is 16.7. The van der Waals surface area contributed by atoms with Crippen LogP contribution in [0.15, 0.2) is 0 Å². The maximum absolute atomic E-state index is 11.1. The number of primary amides is 1. The molecule has 1 rings (SSSR count). The number of hydrogen-bond donors (Lipinski definition) is 2. The van der Waals surface area contributed by atoms with Crippen molar-refractivity contribution in [3.63, 3.8) is 0 Å². The van der Waals surface area contributed by atoms with Crippen LogP contribution in [-0.2, 0) is 14.3 Å². The van der Waals surface area contributed by atoms with Gasteiger partial charge in [0, 0.05) is 0 Å². The molecule has 0 spiro atoms. The number of carbonyl (C=O) groups excluding carboxylic acids is 1. The van der Waals surface area contributed by atoms with Gasteiger partial charge in [0.15, 0.2) is 5.79 Å². The zero-order valence-electron chi connectivity index (χ0n) is 9.79. The Labute approximate surface area is 90.3 Å². The lowest BCUT2D eigenvalue weighted by Crippen LogP contribution is -2.59. The second kappa shape index (κ2) is 4.08. The second-order valence-electron chi connectivity index (χ2n) is 4.85. The van der Waals surface area contributed by atoms with Crippen molar-refractivity contribution in [3.8, 4) is 0 Å². The summed E-state index contributed by atoms with van der Waals surface area (Å²) in [6.07, 6.45) is 0. The van der Waals surface area contributed by atoms with Crippen molar-refractivity contribution in [2.45, 2.75) is 45.1 Å². The van der Waals surface area contributed by atoms with Gasteiger partial charge in [-0.05, 0) is 27.7 Å². The molecule has 1 aliphatic heterocycles. The van der Waals surface area contributed by atoms with Crippen molar-refractivity contribution in [2.24, 2.45) is 5.73 Å². The van der Waals surface area contributed by atoms with Crippen molar-refractivity contribution >= 4 is 5.91 Å². The first kappa shape index (κ1) is 12.4. The summed E-state index contributed by atoms with van der Waals surface area (Å²) in [7, 11) is 0. The maximum Gasteiger partial charge on any atom is 0.237 e. The van der Waals surface area contributed by atoms with Crippen LogP contribution < -0.4 is 11.1 Å². The van der Waals surface area contributed by atoms with Gasteiger partial charge < -0.3 is 15.2 Å². The molecule has 0 atom stereocenters. The number of nitrogens with one attached hydrogen (secondary N) is 1. The molecule has 0 saturated carbocycles. The Morgan fingerprint density at radius 2 is 1.87 bits per heavy atom. The third kappa shape index (κ3) is 3.44. The van der Waals surface area contributed by atoms with Gasteiger partial charge in [0.25, 0.3) is 0 Å². The summed E-state index contributed by atoms with van der Waals surface area (Å²) in [4.78, 5) is 11.1. The van der Waals surface area contributed by atoms with Gasteiger partial charge in [0.2, 0.25) is 5.91 Å². The molecular formula is C10H20N2O3. The average Bonchev–Trinajstić information content (AvgIpc) is 2.08. The van der Waals surface area contributed by atoms with Crippen LogP contribution in [0.1, 0.15) is 27.7 Å². The molecule has 1 amide bonds. The van der Waals surface area contributed by atoms with Gasteiger partial charge in [-0.15, -0.1) is 0 Å². The van der Waals surface area contributed by atoms with E-state index >= 15 is 0 Å². The number of amides is 1. The highest BCUT2D eigenvalue weighted by molar-refractivity contribution is 5.83. The van der Waals surface area contributed by atoms with E-state index in [0.717, 1.165) is 0 Å². The third-order valence-corrected chi connectivity index (χ3v) is 2.45. The Hall–Kier alpha value is -0.650. The normalized spacial score (nSPS) is 22.7. The van der Waals surface area contributed by atoms with E-state index in [4.69, 9.17) is 15.2 Å². The summed E-state index contributed by atoms with van der Waals surface area (Å²) in [5, 5.41) is 3.11. The van der Waals surface area contributed by atoms with Crippen LogP contribution in [0.5, 0.6) is 0 Å². The minimum Gasteiger partial charge on any atom is -0.368 e. The Balaban J connectivity index is 2.46. The minimum atomic E-state index is -0.737. The number of ether oxygens (including phenoxy) is 2. The molecule has 0 radical (unpaired) electrons. The SMILES string of the molecule is CC1(C)OCC(NC(C)(C)C(N)=O)CO1. The van der Waals surface area contributed by atoms with Crippen LogP contribution in [0.25, 0.3) is 0 Å². The van der Waals surface area contributed by atoms with Crippen LogP contribution in [0.4, 0.5) is 0 Å². The summed E-state index contributed by atoms with van der Waals surface area (Å²) >= 11 is 0. The molecule has 5 heteroatoms. The molecule has 0 aromatic rings. The van der Waals surface area contributed by atoms with E-state index in [1.165, 1.54) is 0 Å². The molecule has 1 saturated heterocycles. The molecule has 0 aromatic carbocycles. The zero-order chi connectivity index (χ0) is 11.7. The molecule has 0 unspecified atom stereocenters. The highest BCUT2D eigenvalue weighted by Crippen LogP contribution is 2.18. The largest absolute Gasteiger partial charge is 0.368 e. The van der Waals surface area contributed by atoms with E-state index in [1.807, 2.05) is 13.8 Å². The molecule has 0 aromatic heterocycles. The fourth-order valence-electron chi connectivity index (χ4n) is 1.36. The lowest BCUT2D eigenvalue weighted by Gasteiger charge is -2.38. The molecule has 1 fully saturated rings. The quantitative estimate of drug-likeness (QED) is 0.696. The number of carbonyl (C=O) groups is 1. The Morgan fingerprint density at radius 1 is 1.40 bits per heavy atom. The summed E-state index contributed by atoms with van der Waals surface area (Å²) in [5.74, 6) is -0.915. The summed E-state index contributed by atoms with van der Waals surface area (Å²) in [6.45, 7) is 8.25. The fourth-order valence-corrected chi connectivity index (χ4v) is 1.36. The topological polar surface area (TPSA) is 73.6 Å². The first-order valence-electron chi connectivity index (χ1n) is 5.08. The van der Waals surface area contributed by atoms with E-state index in [9.17, 15) is 4.79 Å². The molecule has 1 heterocycles. The van der Waals surface area contributed by atoms with Crippen LogP contribution in [-0.4, -0.2) is 36.5 Å². The van der Waals surface area contributed by atoms with E-state index < -0.39 is 11.3 Å². The van der Waals surface area contributed by atoms with Crippen LogP contribution in [0.3, 0.4) is 0 Å². The average molecular weight is 216 g/mol. The maximum atomic E-state index is 11.1. The van der Waals surface area contributed by atoms with E-state index in [1.54, 1.807) is 13.8 Å². The predicted molar refractivity (Wildman–Crippen MR) is 56.2 cm³/mol. The lowest BCUT2D eigenvalue weighted by atomic mass is 10.0. The third-order valence-electron chi connectivity index (χ3n) is 2.45. The van der Waals surface area contributed by atoms with Crippen molar-refractivity contribution in [3.05, 3.63) is 0 Å². The van der Waals surface area contributed by atoms with Crippen molar-refractivity contribution in [1.82, 2.24) is 5.32 Å². The van der Waals surface area contributed by atoms with Gasteiger partial charge in [0.05, 0.1) is 24.8 Å². The van der Waals surface area contributed by atoms with Crippen LogP contribution in [0, 0.1) is 0 Å². The van der Waals surface area contributed by atoms with E-state index in [2.05, 4.69) is 5.32 Å². The number of hydrogen-bond acceptors (Lipinski definition) is 4. The Morgan fingerprint density at radius 3 is 2.27 bits per heavy atom. The standard InChI is InChI=1S/C10H20N2O3/c1-9(2,8(11)13)12-7-5-14-10(3,4)15-6-7/h7,12H,5-6H2,1-4H3,(H2,11,13). The lowest BCUT2D eigenvalue weighted by molar-refractivity contribution is -0.254. The molecule has 88 valence electrons. The molecular weight excluding hydrogens is 196 g/mol. The smallest absolute Gasteiger partial charge is 0.237 e. The van der Waals surface area contributed by atoms with Gasteiger partial charge in [-0.3, -0.25) is 10.1 Å². The first-order valence-corrected chi connectivity index (χ1v) is 5.08. The van der Waals surface area contributed by atoms with Crippen LogP contribution >= 0.6 is 0 Å². The summed E-state index contributed by atoms with van der Waals surface area (Å²) in [5.41, 5.74) is 4.52. The first-order chi connectivity index (χ1) is 6.73. The second-order valence-corrected chi connectivity index (χ2v) is 4.85. The molecule has 5 nitrogen and oxygen atoms in total. The molecule has 3 N–H and O–H groups in total. The van der Waals surface area contributed by atoms with Crippen LogP contribution in [0.2, 0.25) is 0 Å². The molecule has 0 aliphatic carbocycles. The minimum absolute atomic E-state index is 0.000486. The van der Waals surface area contributed by atoms with Gasteiger partial charge in [-0.1, -0.05) is 0 Å². The zero-order valence-corrected chi connectivity index (χ0v) is 9.79. The Kier molecular flexibility index (Phi) is 3.38. The van der Waals surface area contributed by atoms with E-state index in [0.29, 0.717) is 13.2 Å².